The van der Waals surface area contributed by atoms with Crippen LogP contribution in [0.5, 0.6) is 5.75 Å². The quantitative estimate of drug-likeness (QED) is 0.361. The molecule has 0 radical (unpaired) electrons. The average Bonchev–Trinajstić information content (AvgIpc) is 3.58. The first kappa shape index (κ1) is 26.8. The molecule has 9 heteroatoms. The van der Waals surface area contributed by atoms with Gasteiger partial charge in [0.25, 0.3) is 5.89 Å². The Morgan fingerprint density at radius 2 is 1.95 bits per heavy atom. The number of likely N-dealkylation sites (tertiary alicyclic amines) is 1. The number of aliphatic hydroxyl groups excluding tert-OH is 2. The number of benzene rings is 2. The van der Waals surface area contributed by atoms with Crippen LogP contribution in [0.1, 0.15) is 42.0 Å². The summed E-state index contributed by atoms with van der Waals surface area (Å²) in [7, 11) is 0. The second kappa shape index (κ2) is 12.3. The lowest BCUT2D eigenvalue weighted by molar-refractivity contribution is -0.124. The van der Waals surface area contributed by atoms with E-state index in [0.29, 0.717) is 23.9 Å². The Morgan fingerprint density at radius 1 is 1.16 bits per heavy atom. The molecule has 2 heterocycles. The summed E-state index contributed by atoms with van der Waals surface area (Å²) in [5, 5.41) is 25.6. The highest BCUT2D eigenvalue weighted by Gasteiger charge is 2.18. The summed E-state index contributed by atoms with van der Waals surface area (Å²) in [5.74, 6) is 1.15. The molecule has 1 aromatic heterocycles. The number of aromatic nitrogens is 2. The molecule has 1 atom stereocenters. The van der Waals surface area contributed by atoms with Gasteiger partial charge in [0.15, 0.2) is 0 Å². The fraction of sp³-hybridized carbons (Fsp3) is 0.464. The average molecular weight is 509 g/mol. The maximum atomic E-state index is 11.2. The molecule has 4 rings (SSSR count). The highest BCUT2D eigenvalue weighted by molar-refractivity contribution is 5.76. The van der Waals surface area contributed by atoms with Gasteiger partial charge in [-0.05, 0) is 87.2 Å². The van der Waals surface area contributed by atoms with Crippen LogP contribution in [0.3, 0.4) is 0 Å². The number of carbonyl (C=O) groups excluding carboxylic acids is 1. The summed E-state index contributed by atoms with van der Waals surface area (Å²) in [6.45, 7) is 8.66. The molecular formula is C28H36N4O5. The van der Waals surface area contributed by atoms with E-state index in [-0.39, 0.29) is 13.2 Å². The first-order chi connectivity index (χ1) is 17.9. The van der Waals surface area contributed by atoms with Crippen LogP contribution in [0.4, 0.5) is 0 Å². The number of ether oxygens (including phenoxy) is 1. The van der Waals surface area contributed by atoms with Gasteiger partial charge < -0.3 is 24.8 Å². The maximum absolute atomic E-state index is 11.2. The van der Waals surface area contributed by atoms with Crippen LogP contribution in [0.2, 0.25) is 0 Å². The molecule has 1 fully saturated rings. The van der Waals surface area contributed by atoms with Crippen LogP contribution in [0.15, 0.2) is 34.9 Å². The van der Waals surface area contributed by atoms with Gasteiger partial charge in [0.2, 0.25) is 11.7 Å². The minimum Gasteiger partial charge on any atom is -0.490 e. The molecule has 0 saturated carbocycles. The monoisotopic (exact) mass is 508 g/mol. The molecule has 9 nitrogen and oxygen atoms in total. The van der Waals surface area contributed by atoms with Crippen molar-refractivity contribution in [3.8, 4) is 28.6 Å². The molecule has 1 aliphatic rings. The lowest BCUT2D eigenvalue weighted by Crippen LogP contribution is -2.36. The lowest BCUT2D eigenvalue weighted by atomic mass is 10.0. The second-order valence-corrected chi connectivity index (χ2v) is 9.68. The second-order valence-electron chi connectivity index (χ2n) is 9.68. The molecule has 3 aromatic rings. The van der Waals surface area contributed by atoms with Crippen molar-refractivity contribution in [2.45, 2.75) is 52.7 Å². The molecule has 1 amide bonds. The van der Waals surface area contributed by atoms with Gasteiger partial charge in [-0.3, -0.25) is 9.69 Å². The number of nitrogens with one attached hydrogen (secondary N) is 1. The van der Waals surface area contributed by atoms with E-state index in [1.54, 1.807) is 0 Å². The Bertz CT molecular complexity index is 1220. The third kappa shape index (κ3) is 6.94. The number of hydrogen-bond donors (Lipinski definition) is 3. The van der Waals surface area contributed by atoms with Crippen molar-refractivity contribution in [3.05, 3.63) is 52.6 Å². The third-order valence-corrected chi connectivity index (χ3v) is 6.50. The fourth-order valence-electron chi connectivity index (χ4n) is 4.71. The first-order valence-electron chi connectivity index (χ1n) is 12.9. The molecule has 1 aliphatic heterocycles. The van der Waals surface area contributed by atoms with Crippen molar-refractivity contribution < 1.29 is 24.3 Å². The SMILES string of the molecule is CCc1cc(-c2noc(-c3cc(C)cc(CN4CCCC4)c3)n2)cc(C)c1OCC(O)CNC(=O)CO. The molecule has 2 aromatic carbocycles. The van der Waals surface area contributed by atoms with Gasteiger partial charge in [-0.2, -0.15) is 4.98 Å². The predicted octanol–water partition coefficient (Wildman–Crippen LogP) is 3.03. The minimum atomic E-state index is -0.899. The van der Waals surface area contributed by atoms with Gasteiger partial charge in [0.1, 0.15) is 25.1 Å². The summed E-state index contributed by atoms with van der Waals surface area (Å²) in [5.41, 5.74) is 6.00. The molecule has 37 heavy (non-hydrogen) atoms. The van der Waals surface area contributed by atoms with Crippen LogP contribution in [0.25, 0.3) is 22.8 Å². The number of nitrogens with zero attached hydrogens (tertiary/aromatic N) is 3. The highest BCUT2D eigenvalue weighted by Crippen LogP contribution is 2.31. The van der Waals surface area contributed by atoms with Crippen LogP contribution < -0.4 is 10.1 Å². The zero-order chi connectivity index (χ0) is 26.4. The molecule has 3 N–H and O–H groups in total. The Balaban J connectivity index is 1.49. The Labute approximate surface area is 217 Å². The van der Waals surface area contributed by atoms with Gasteiger partial charge in [-0.25, -0.2) is 0 Å². The summed E-state index contributed by atoms with van der Waals surface area (Å²) in [6.07, 6.45) is 2.34. The number of amides is 1. The van der Waals surface area contributed by atoms with E-state index in [0.717, 1.165) is 47.5 Å². The normalized spacial score (nSPS) is 14.6. The lowest BCUT2D eigenvalue weighted by Gasteiger charge is -2.17. The largest absolute Gasteiger partial charge is 0.490 e. The number of hydrogen-bond acceptors (Lipinski definition) is 8. The molecule has 0 aliphatic carbocycles. The molecule has 198 valence electrons. The maximum Gasteiger partial charge on any atom is 0.258 e. The number of carbonyl (C=O) groups is 1. The summed E-state index contributed by atoms with van der Waals surface area (Å²) < 4.78 is 11.6. The van der Waals surface area contributed by atoms with Crippen molar-refractivity contribution in [1.82, 2.24) is 20.4 Å². The van der Waals surface area contributed by atoms with E-state index >= 15 is 0 Å². The van der Waals surface area contributed by atoms with E-state index in [1.807, 2.05) is 26.0 Å². The van der Waals surface area contributed by atoms with E-state index in [2.05, 4.69) is 40.5 Å². The van der Waals surface area contributed by atoms with Crippen molar-refractivity contribution in [3.63, 3.8) is 0 Å². The van der Waals surface area contributed by atoms with Gasteiger partial charge in [-0.15, -0.1) is 0 Å². The predicted molar refractivity (Wildman–Crippen MR) is 140 cm³/mol. The van der Waals surface area contributed by atoms with Gasteiger partial charge in [0, 0.05) is 24.2 Å². The molecule has 0 bridgehead atoms. The van der Waals surface area contributed by atoms with Crippen molar-refractivity contribution in [2.24, 2.45) is 0 Å². The van der Waals surface area contributed by atoms with E-state index in [4.69, 9.17) is 19.4 Å². The number of aliphatic hydroxyl groups is 2. The Hall–Kier alpha value is -3.27. The molecular weight excluding hydrogens is 472 g/mol. The van der Waals surface area contributed by atoms with Crippen LogP contribution in [-0.4, -0.2) is 70.1 Å². The zero-order valence-corrected chi connectivity index (χ0v) is 21.8. The highest BCUT2D eigenvalue weighted by atomic mass is 16.5. The van der Waals surface area contributed by atoms with Crippen LogP contribution in [-0.2, 0) is 17.8 Å². The topological polar surface area (TPSA) is 121 Å². The molecule has 1 saturated heterocycles. The van der Waals surface area contributed by atoms with E-state index < -0.39 is 18.6 Å². The summed E-state index contributed by atoms with van der Waals surface area (Å²) >= 11 is 0. The van der Waals surface area contributed by atoms with Crippen LogP contribution in [0, 0.1) is 13.8 Å². The zero-order valence-electron chi connectivity index (χ0n) is 21.8. The van der Waals surface area contributed by atoms with Gasteiger partial charge in [-0.1, -0.05) is 23.7 Å². The Kier molecular flexibility index (Phi) is 8.91. The minimum absolute atomic E-state index is 0.00231. The molecule has 0 spiro atoms. The van der Waals surface area contributed by atoms with Gasteiger partial charge in [0.05, 0.1) is 0 Å². The summed E-state index contributed by atoms with van der Waals surface area (Å²) in [4.78, 5) is 18.4. The van der Waals surface area contributed by atoms with Crippen molar-refractivity contribution in [2.75, 3.05) is 32.8 Å². The van der Waals surface area contributed by atoms with Crippen molar-refractivity contribution >= 4 is 5.91 Å². The van der Waals surface area contributed by atoms with Gasteiger partial charge >= 0.3 is 0 Å². The first-order valence-corrected chi connectivity index (χ1v) is 12.9. The Morgan fingerprint density at radius 3 is 2.68 bits per heavy atom. The number of rotatable bonds is 11. The smallest absolute Gasteiger partial charge is 0.258 e. The fourth-order valence-corrected chi connectivity index (χ4v) is 4.71. The van der Waals surface area contributed by atoms with Crippen LogP contribution >= 0.6 is 0 Å². The summed E-state index contributed by atoms with van der Waals surface area (Å²) in [6, 6.07) is 10.3. The third-order valence-electron chi connectivity index (χ3n) is 6.50. The molecule has 1 unspecified atom stereocenters. The standard InChI is InChI=1S/C28H36N4O5/c1-4-21-13-22(11-19(3)26(21)36-17-24(34)14-29-25(35)16-33)27-30-28(37-31-27)23-10-18(2)9-20(12-23)15-32-7-5-6-8-32/h9-13,24,33-34H,4-8,14-17H2,1-3H3,(H,29,35). The van der Waals surface area contributed by atoms with E-state index in [9.17, 15) is 9.90 Å². The number of aryl methyl sites for hydroxylation is 3. The van der Waals surface area contributed by atoms with Crippen molar-refractivity contribution in [1.29, 1.82) is 0 Å². The van der Waals surface area contributed by atoms with E-state index in [1.165, 1.54) is 18.4 Å².